The molecule has 0 unspecified atom stereocenters. The van der Waals surface area contributed by atoms with Gasteiger partial charge in [-0.25, -0.2) is 4.98 Å². The summed E-state index contributed by atoms with van der Waals surface area (Å²) in [6.45, 7) is 8.87. The van der Waals surface area contributed by atoms with Crippen LogP contribution in [0.25, 0.3) is 0 Å². The summed E-state index contributed by atoms with van der Waals surface area (Å²) >= 11 is 0. The van der Waals surface area contributed by atoms with Crippen molar-refractivity contribution in [3.05, 3.63) is 22.9 Å². The number of hydrogen-bond donors (Lipinski definition) is 2. The first-order chi connectivity index (χ1) is 9.90. The van der Waals surface area contributed by atoms with E-state index in [9.17, 15) is 9.90 Å². The molecule has 1 aromatic rings. The van der Waals surface area contributed by atoms with E-state index in [2.05, 4.69) is 10.3 Å². The molecule has 0 saturated heterocycles. The summed E-state index contributed by atoms with van der Waals surface area (Å²) in [5.74, 6) is -0.128. The Bertz CT molecular complexity index is 473. The molecular weight excluding hydrogens is 268 g/mol. The lowest BCUT2D eigenvalue weighted by Gasteiger charge is -2.27. The van der Waals surface area contributed by atoms with Crippen LogP contribution in [0.5, 0.6) is 5.88 Å². The molecule has 0 radical (unpaired) electrons. The van der Waals surface area contributed by atoms with E-state index in [1.807, 2.05) is 33.8 Å². The van der Waals surface area contributed by atoms with Crippen molar-refractivity contribution in [2.24, 2.45) is 5.41 Å². The molecule has 1 heterocycles. The summed E-state index contributed by atoms with van der Waals surface area (Å²) in [5.41, 5.74) is 2.41. The molecule has 21 heavy (non-hydrogen) atoms. The maximum atomic E-state index is 11.5. The summed E-state index contributed by atoms with van der Waals surface area (Å²) < 4.78 is 5.15. The molecule has 0 aromatic carbocycles. The summed E-state index contributed by atoms with van der Waals surface area (Å²) in [7, 11) is 1.60. The van der Waals surface area contributed by atoms with Crippen LogP contribution in [0.1, 0.15) is 43.5 Å². The molecule has 0 aliphatic rings. The number of carbonyl (C=O) groups is 1. The van der Waals surface area contributed by atoms with E-state index in [0.717, 1.165) is 16.8 Å². The lowest BCUT2D eigenvalue weighted by molar-refractivity contribution is -0.149. The van der Waals surface area contributed by atoms with Gasteiger partial charge in [-0.3, -0.25) is 4.79 Å². The average Bonchev–Trinajstić information content (AvgIpc) is 2.45. The Morgan fingerprint density at radius 3 is 2.43 bits per heavy atom. The monoisotopic (exact) mass is 294 g/mol. The first kappa shape index (κ1) is 17.4. The minimum Gasteiger partial charge on any atom is -0.481 e. The standard InChI is InChI=1S/C16H26N2O3/c1-6-16(7-2,15(19)20)10-17-9-13-11(3)8-14(21-5)18-12(13)4/h8,17H,6-7,9-10H2,1-5H3,(H,19,20). The lowest BCUT2D eigenvalue weighted by atomic mass is 9.82. The molecule has 0 aliphatic heterocycles. The fourth-order valence-corrected chi connectivity index (χ4v) is 2.50. The van der Waals surface area contributed by atoms with Gasteiger partial charge in [0, 0.05) is 24.8 Å². The van der Waals surface area contributed by atoms with Crippen molar-refractivity contribution in [2.75, 3.05) is 13.7 Å². The van der Waals surface area contributed by atoms with E-state index in [0.29, 0.717) is 31.8 Å². The van der Waals surface area contributed by atoms with E-state index in [-0.39, 0.29) is 0 Å². The molecule has 0 spiro atoms. The van der Waals surface area contributed by atoms with Crippen molar-refractivity contribution < 1.29 is 14.6 Å². The summed E-state index contributed by atoms with van der Waals surface area (Å²) in [4.78, 5) is 15.8. The van der Waals surface area contributed by atoms with E-state index in [1.54, 1.807) is 7.11 Å². The second-order valence-corrected chi connectivity index (χ2v) is 5.44. The second-order valence-electron chi connectivity index (χ2n) is 5.44. The zero-order chi connectivity index (χ0) is 16.0. The minimum absolute atomic E-state index is 0.459. The summed E-state index contributed by atoms with van der Waals surface area (Å²) in [5, 5.41) is 12.7. The molecule has 0 fully saturated rings. The van der Waals surface area contributed by atoms with Crippen LogP contribution in [0.15, 0.2) is 6.07 Å². The highest BCUT2D eigenvalue weighted by atomic mass is 16.5. The Morgan fingerprint density at radius 2 is 2.00 bits per heavy atom. The smallest absolute Gasteiger partial charge is 0.310 e. The van der Waals surface area contributed by atoms with Crippen LogP contribution in [0.4, 0.5) is 0 Å². The number of ether oxygens (including phenoxy) is 1. The van der Waals surface area contributed by atoms with Gasteiger partial charge in [-0.05, 0) is 37.8 Å². The molecule has 118 valence electrons. The van der Waals surface area contributed by atoms with Gasteiger partial charge in [0.1, 0.15) is 0 Å². The third-order valence-corrected chi connectivity index (χ3v) is 4.31. The minimum atomic E-state index is -0.735. The normalized spacial score (nSPS) is 11.5. The molecule has 2 N–H and O–H groups in total. The quantitative estimate of drug-likeness (QED) is 0.771. The van der Waals surface area contributed by atoms with Crippen molar-refractivity contribution in [3.8, 4) is 5.88 Å². The Balaban J connectivity index is 2.78. The molecule has 5 nitrogen and oxygen atoms in total. The van der Waals surface area contributed by atoms with Gasteiger partial charge < -0.3 is 15.2 Å². The number of nitrogens with zero attached hydrogens (tertiary/aromatic N) is 1. The first-order valence-electron chi connectivity index (χ1n) is 7.35. The van der Waals surface area contributed by atoms with E-state index in [4.69, 9.17) is 4.74 Å². The predicted molar refractivity (Wildman–Crippen MR) is 82.6 cm³/mol. The number of aryl methyl sites for hydroxylation is 2. The zero-order valence-corrected chi connectivity index (χ0v) is 13.6. The fourth-order valence-electron chi connectivity index (χ4n) is 2.50. The van der Waals surface area contributed by atoms with Crippen LogP contribution in [0.3, 0.4) is 0 Å². The van der Waals surface area contributed by atoms with Crippen LogP contribution in [0.2, 0.25) is 0 Å². The molecule has 0 amide bonds. The topological polar surface area (TPSA) is 71.5 Å². The van der Waals surface area contributed by atoms with Crippen LogP contribution in [-0.2, 0) is 11.3 Å². The molecular formula is C16H26N2O3. The maximum absolute atomic E-state index is 11.5. The van der Waals surface area contributed by atoms with Gasteiger partial charge >= 0.3 is 5.97 Å². The van der Waals surface area contributed by atoms with Crippen LogP contribution in [0, 0.1) is 19.3 Å². The number of carboxylic acid groups (broad SMARTS) is 1. The maximum Gasteiger partial charge on any atom is 0.310 e. The van der Waals surface area contributed by atoms with E-state index < -0.39 is 11.4 Å². The fraction of sp³-hybridized carbons (Fsp3) is 0.625. The van der Waals surface area contributed by atoms with Crippen molar-refractivity contribution in [3.63, 3.8) is 0 Å². The Hall–Kier alpha value is -1.62. The first-order valence-corrected chi connectivity index (χ1v) is 7.35. The largest absolute Gasteiger partial charge is 0.481 e. The van der Waals surface area contributed by atoms with Crippen LogP contribution in [-0.4, -0.2) is 29.7 Å². The van der Waals surface area contributed by atoms with Gasteiger partial charge in [-0.15, -0.1) is 0 Å². The predicted octanol–water partition coefficient (Wildman–Crippen LogP) is 2.69. The van der Waals surface area contributed by atoms with Crippen molar-refractivity contribution >= 4 is 5.97 Å². The molecule has 1 rings (SSSR count). The zero-order valence-electron chi connectivity index (χ0n) is 13.6. The molecule has 1 aromatic heterocycles. The third kappa shape index (κ3) is 3.94. The lowest BCUT2D eigenvalue weighted by Crippen LogP contribution is -2.40. The number of carboxylic acids is 1. The molecule has 0 bridgehead atoms. The molecule has 5 heteroatoms. The number of pyridine rings is 1. The van der Waals surface area contributed by atoms with Crippen LogP contribution >= 0.6 is 0 Å². The highest BCUT2D eigenvalue weighted by Crippen LogP contribution is 2.26. The number of hydrogen-bond acceptors (Lipinski definition) is 4. The number of nitrogens with one attached hydrogen (secondary N) is 1. The number of aromatic nitrogens is 1. The van der Waals surface area contributed by atoms with Gasteiger partial charge in [0.15, 0.2) is 0 Å². The highest BCUT2D eigenvalue weighted by Gasteiger charge is 2.34. The van der Waals surface area contributed by atoms with Gasteiger partial charge in [0.25, 0.3) is 0 Å². The van der Waals surface area contributed by atoms with E-state index >= 15 is 0 Å². The summed E-state index contributed by atoms with van der Waals surface area (Å²) in [6.07, 6.45) is 1.23. The van der Waals surface area contributed by atoms with Gasteiger partial charge in [0.2, 0.25) is 5.88 Å². The Morgan fingerprint density at radius 1 is 1.38 bits per heavy atom. The van der Waals surface area contributed by atoms with Crippen molar-refractivity contribution in [1.82, 2.24) is 10.3 Å². The highest BCUT2D eigenvalue weighted by molar-refractivity contribution is 5.74. The number of aliphatic carboxylic acids is 1. The van der Waals surface area contributed by atoms with Crippen LogP contribution < -0.4 is 10.1 Å². The SMILES string of the molecule is CCC(CC)(CNCc1c(C)cc(OC)nc1C)C(=O)O. The number of methoxy groups -OCH3 is 1. The van der Waals surface area contributed by atoms with Crippen molar-refractivity contribution in [1.29, 1.82) is 0 Å². The van der Waals surface area contributed by atoms with E-state index in [1.165, 1.54) is 0 Å². The van der Waals surface area contributed by atoms with Gasteiger partial charge in [0.05, 0.1) is 12.5 Å². The molecule has 0 aliphatic carbocycles. The van der Waals surface area contributed by atoms with Crippen molar-refractivity contribution in [2.45, 2.75) is 47.1 Å². The molecule has 0 saturated carbocycles. The number of rotatable bonds is 8. The van der Waals surface area contributed by atoms with Gasteiger partial charge in [-0.2, -0.15) is 0 Å². The Labute approximate surface area is 126 Å². The average molecular weight is 294 g/mol. The summed E-state index contributed by atoms with van der Waals surface area (Å²) in [6, 6.07) is 1.90. The van der Waals surface area contributed by atoms with Gasteiger partial charge in [-0.1, -0.05) is 13.8 Å². The Kier molecular flexibility index (Phi) is 6.15. The second kappa shape index (κ2) is 7.41. The third-order valence-electron chi connectivity index (χ3n) is 4.31. The molecule has 0 atom stereocenters.